The quantitative estimate of drug-likeness (QED) is 0.193. The maximum absolute atomic E-state index is 15.1. The molecule has 2 heterocycles. The lowest BCUT2D eigenvalue weighted by Gasteiger charge is -2.32. The zero-order chi connectivity index (χ0) is 31.1. The molecule has 14 heteroatoms. The number of alkyl carbamates (subject to hydrolysis) is 1. The first-order valence-corrected chi connectivity index (χ1v) is 14.0. The molecular formula is C29H29F2N6O5S+. The Kier molecular flexibility index (Phi) is 9.79. The first kappa shape index (κ1) is 31.2. The van der Waals surface area contributed by atoms with E-state index in [0.29, 0.717) is 16.3 Å². The van der Waals surface area contributed by atoms with Crippen LogP contribution in [0.4, 0.5) is 13.6 Å². The fraction of sp³-hybridized carbons (Fsp3) is 0.310. The number of carbonyl (C=O) groups excluding carboxylic acids is 2. The molecule has 2 aromatic heterocycles. The monoisotopic (exact) mass is 611 g/mol. The molecule has 1 amide bonds. The Hall–Kier alpha value is -4.74. The summed E-state index contributed by atoms with van der Waals surface area (Å²) in [6.07, 6.45) is 2.03. The summed E-state index contributed by atoms with van der Waals surface area (Å²) in [6.45, 7) is 4.01. The highest BCUT2D eigenvalue weighted by molar-refractivity contribution is 7.10. The van der Waals surface area contributed by atoms with Gasteiger partial charge in [0.1, 0.15) is 30.4 Å². The molecule has 3 atom stereocenters. The van der Waals surface area contributed by atoms with E-state index in [4.69, 9.17) is 14.7 Å². The van der Waals surface area contributed by atoms with Crippen molar-refractivity contribution in [1.29, 1.82) is 5.26 Å². The van der Waals surface area contributed by atoms with Gasteiger partial charge in [-0.05, 0) is 37.3 Å². The number of aliphatic hydroxyl groups is 1. The Morgan fingerprint density at radius 2 is 1.95 bits per heavy atom. The van der Waals surface area contributed by atoms with Crippen molar-refractivity contribution in [2.45, 2.75) is 51.6 Å². The molecule has 224 valence electrons. The van der Waals surface area contributed by atoms with Crippen LogP contribution in [0.3, 0.4) is 0 Å². The number of nitriles is 1. The standard InChI is InChI=1S/C29H28F2N6O5S/c1-18(12-41-20(3)38)34-28(39)42-17-36-15-33-37(16-36)14-29(40,24-10-23(30)8-9-25(24)31)19(2)27-35-26(13-43-27)22-6-4-21(11-32)5-7-22/h4-10,13,15-16,18-19,40H,12,14,17H2,1-3H3/p+1/t18?,19-,29+/m0/s1. The first-order valence-electron chi connectivity index (χ1n) is 13.1. The average Bonchev–Trinajstić information content (AvgIpc) is 3.66. The summed E-state index contributed by atoms with van der Waals surface area (Å²) in [5.74, 6) is -2.82. The molecule has 1 unspecified atom stereocenters. The van der Waals surface area contributed by atoms with Crippen LogP contribution in [0.2, 0.25) is 0 Å². The topological polar surface area (TPSA) is 143 Å². The van der Waals surface area contributed by atoms with Gasteiger partial charge in [0.2, 0.25) is 13.1 Å². The highest BCUT2D eigenvalue weighted by Gasteiger charge is 2.43. The van der Waals surface area contributed by atoms with Crippen LogP contribution in [-0.2, 0) is 33.1 Å². The van der Waals surface area contributed by atoms with Crippen LogP contribution in [-0.4, -0.2) is 44.6 Å². The van der Waals surface area contributed by atoms with Crippen LogP contribution < -0.4 is 9.88 Å². The zero-order valence-electron chi connectivity index (χ0n) is 23.5. The van der Waals surface area contributed by atoms with Gasteiger partial charge in [-0.1, -0.05) is 19.1 Å². The summed E-state index contributed by atoms with van der Waals surface area (Å²) in [4.78, 5) is 27.7. The van der Waals surface area contributed by atoms with Crippen molar-refractivity contribution in [1.82, 2.24) is 20.1 Å². The number of nitrogens with zero attached hydrogens (tertiary/aromatic N) is 5. The largest absolute Gasteiger partial charge is 0.464 e. The van der Waals surface area contributed by atoms with E-state index in [1.807, 2.05) is 0 Å². The van der Waals surface area contributed by atoms with Gasteiger partial charge in [-0.2, -0.15) is 5.26 Å². The average molecular weight is 612 g/mol. The Bertz CT molecular complexity index is 1640. The lowest BCUT2D eigenvalue weighted by molar-refractivity contribution is -0.728. The van der Waals surface area contributed by atoms with Crippen LogP contribution in [0, 0.1) is 23.0 Å². The van der Waals surface area contributed by atoms with Crippen molar-refractivity contribution in [3.8, 4) is 17.3 Å². The minimum atomic E-state index is -2.00. The number of amides is 1. The predicted octanol–water partition coefficient (Wildman–Crippen LogP) is 3.77. The number of hydrogen-bond acceptors (Lipinski definition) is 9. The Morgan fingerprint density at radius 1 is 1.21 bits per heavy atom. The number of thiazole rings is 1. The molecule has 43 heavy (non-hydrogen) atoms. The Balaban J connectivity index is 1.53. The number of halogens is 2. The van der Waals surface area contributed by atoms with Crippen molar-refractivity contribution >= 4 is 23.4 Å². The third-order valence-corrected chi connectivity index (χ3v) is 7.62. The number of hydrogen-bond donors (Lipinski definition) is 2. The third-order valence-electron chi connectivity index (χ3n) is 6.59. The van der Waals surface area contributed by atoms with Crippen LogP contribution in [0.25, 0.3) is 11.3 Å². The van der Waals surface area contributed by atoms with Crippen molar-refractivity contribution in [3.05, 3.63) is 88.3 Å². The summed E-state index contributed by atoms with van der Waals surface area (Å²) in [7, 11) is 0. The Labute approximate surface area is 249 Å². The van der Waals surface area contributed by atoms with Gasteiger partial charge in [-0.15, -0.1) is 16.0 Å². The molecule has 11 nitrogen and oxygen atoms in total. The third kappa shape index (κ3) is 7.76. The molecule has 0 saturated heterocycles. The van der Waals surface area contributed by atoms with Gasteiger partial charge in [-0.3, -0.25) is 4.79 Å². The lowest BCUT2D eigenvalue weighted by atomic mass is 9.82. The summed E-state index contributed by atoms with van der Waals surface area (Å²) in [5, 5.41) is 30.1. The molecule has 0 aliphatic rings. The summed E-state index contributed by atoms with van der Waals surface area (Å²) < 4.78 is 42.1. The Morgan fingerprint density at radius 3 is 2.65 bits per heavy atom. The van der Waals surface area contributed by atoms with Gasteiger partial charge in [-0.25, -0.2) is 23.1 Å². The van der Waals surface area contributed by atoms with Gasteiger partial charge >= 0.3 is 12.1 Å². The molecular weight excluding hydrogens is 582 g/mol. The molecule has 0 aliphatic carbocycles. The molecule has 4 aromatic rings. The number of benzene rings is 2. The van der Waals surface area contributed by atoms with Crippen molar-refractivity contribution < 1.29 is 37.5 Å². The molecule has 2 aromatic carbocycles. The molecule has 4 rings (SSSR count). The second-order valence-corrected chi connectivity index (χ2v) is 10.8. The summed E-state index contributed by atoms with van der Waals surface area (Å²) in [6, 6.07) is 11.3. The number of nitrogens with one attached hydrogen (secondary N) is 1. The number of rotatable bonds is 11. The molecule has 0 spiro atoms. The van der Waals surface area contributed by atoms with E-state index in [2.05, 4.69) is 21.5 Å². The van der Waals surface area contributed by atoms with Crippen LogP contribution in [0.5, 0.6) is 0 Å². The van der Waals surface area contributed by atoms with E-state index >= 15 is 4.39 Å². The smallest absolute Gasteiger partial charge is 0.410 e. The van der Waals surface area contributed by atoms with E-state index in [1.54, 1.807) is 43.5 Å². The maximum Gasteiger partial charge on any atom is 0.410 e. The fourth-order valence-corrected chi connectivity index (χ4v) is 5.21. The lowest BCUT2D eigenvalue weighted by Crippen LogP contribution is -2.41. The number of ether oxygens (including phenoxy) is 2. The summed E-state index contributed by atoms with van der Waals surface area (Å²) >= 11 is 1.25. The van der Waals surface area contributed by atoms with E-state index in [-0.39, 0.29) is 25.4 Å². The highest BCUT2D eigenvalue weighted by atomic mass is 32.1. The second-order valence-electron chi connectivity index (χ2n) is 9.90. The van der Waals surface area contributed by atoms with Gasteiger partial charge in [0.05, 0.1) is 28.4 Å². The highest BCUT2D eigenvalue weighted by Crippen LogP contribution is 2.41. The maximum atomic E-state index is 15.1. The number of aromatic nitrogens is 4. The van der Waals surface area contributed by atoms with Crippen molar-refractivity contribution in [2.24, 2.45) is 0 Å². The van der Waals surface area contributed by atoms with E-state index in [1.165, 1.54) is 40.2 Å². The van der Waals surface area contributed by atoms with Crippen molar-refractivity contribution in [2.75, 3.05) is 6.61 Å². The van der Waals surface area contributed by atoms with E-state index < -0.39 is 41.3 Å². The number of carbonyl (C=O) groups is 2. The molecule has 0 radical (unpaired) electrons. The number of esters is 1. The molecule has 2 N–H and O–H groups in total. The first-order chi connectivity index (χ1) is 20.5. The van der Waals surface area contributed by atoms with Crippen molar-refractivity contribution in [3.63, 3.8) is 0 Å². The van der Waals surface area contributed by atoms with Gasteiger partial charge in [0.15, 0.2) is 0 Å². The second kappa shape index (κ2) is 13.5. The zero-order valence-corrected chi connectivity index (χ0v) is 24.3. The molecule has 0 fully saturated rings. The van der Waals surface area contributed by atoms with Crippen LogP contribution in [0.15, 0.2) is 60.5 Å². The SMILES string of the molecule is CC(=O)OCC(C)NC(=O)OC[n+]1cnn(C[C@](O)(c2cc(F)ccc2F)[C@@H](C)c2nc(-c3ccc(C#N)cc3)cs2)c1. The summed E-state index contributed by atoms with van der Waals surface area (Å²) in [5.41, 5.74) is -0.408. The van der Waals surface area contributed by atoms with Crippen LogP contribution >= 0.6 is 11.3 Å². The molecule has 0 aliphatic heterocycles. The van der Waals surface area contributed by atoms with Gasteiger partial charge in [0, 0.05) is 34.4 Å². The normalized spacial score (nSPS) is 13.8. The minimum Gasteiger partial charge on any atom is -0.464 e. The van der Waals surface area contributed by atoms with Gasteiger partial charge < -0.3 is 19.9 Å². The van der Waals surface area contributed by atoms with E-state index in [0.717, 1.165) is 23.8 Å². The molecule has 0 saturated carbocycles. The minimum absolute atomic E-state index is 0.0169. The predicted molar refractivity (Wildman–Crippen MR) is 149 cm³/mol. The fourth-order valence-electron chi connectivity index (χ4n) is 4.24. The van der Waals surface area contributed by atoms with Gasteiger partial charge in [0.25, 0.3) is 6.33 Å². The molecule has 0 bridgehead atoms. The van der Waals surface area contributed by atoms with Crippen LogP contribution in [0.1, 0.15) is 42.8 Å². The van der Waals surface area contributed by atoms with E-state index in [9.17, 15) is 19.1 Å².